The summed E-state index contributed by atoms with van der Waals surface area (Å²) in [5.41, 5.74) is 3.51. The Labute approximate surface area is 117 Å². The molecule has 0 atom stereocenters. The van der Waals surface area contributed by atoms with Crippen LogP contribution in [0.15, 0.2) is 35.7 Å². The Morgan fingerprint density at radius 1 is 1.17 bits per heavy atom. The molecular weight excluding hydrogens is 260 g/mol. The molecule has 4 heteroatoms. The smallest absolute Gasteiger partial charge is 0.171 e. The van der Waals surface area contributed by atoms with E-state index in [0.717, 1.165) is 12.2 Å². The Hall–Kier alpha value is -1.39. The maximum Gasteiger partial charge on any atom is 0.171 e. The summed E-state index contributed by atoms with van der Waals surface area (Å²) in [5.74, 6) is 0. The lowest BCUT2D eigenvalue weighted by Gasteiger charge is -2.14. The van der Waals surface area contributed by atoms with Gasteiger partial charge < -0.3 is 10.6 Å². The quantitative estimate of drug-likeness (QED) is 0.833. The van der Waals surface area contributed by atoms with Crippen LogP contribution in [0.1, 0.15) is 16.0 Å². The summed E-state index contributed by atoms with van der Waals surface area (Å²) in [6.45, 7) is 4.93. The number of para-hydroxylation sites is 1. The molecule has 0 spiro atoms. The van der Waals surface area contributed by atoms with E-state index in [-0.39, 0.29) is 0 Å². The Morgan fingerprint density at radius 3 is 2.50 bits per heavy atom. The molecule has 18 heavy (non-hydrogen) atoms. The van der Waals surface area contributed by atoms with E-state index in [2.05, 4.69) is 54.1 Å². The molecule has 0 unspecified atom stereocenters. The van der Waals surface area contributed by atoms with Gasteiger partial charge in [0.25, 0.3) is 0 Å². The Bertz CT molecular complexity index is 512. The third kappa shape index (κ3) is 3.31. The van der Waals surface area contributed by atoms with Crippen molar-refractivity contribution in [1.29, 1.82) is 0 Å². The first-order valence-corrected chi connectivity index (χ1v) is 7.09. The fourth-order valence-electron chi connectivity index (χ4n) is 1.75. The predicted molar refractivity (Wildman–Crippen MR) is 83.3 cm³/mol. The summed E-state index contributed by atoms with van der Waals surface area (Å²) in [5, 5.41) is 9.22. The fourth-order valence-corrected chi connectivity index (χ4v) is 2.57. The van der Waals surface area contributed by atoms with E-state index < -0.39 is 0 Å². The van der Waals surface area contributed by atoms with Gasteiger partial charge in [0.15, 0.2) is 5.11 Å². The molecule has 2 rings (SSSR count). The zero-order chi connectivity index (χ0) is 13.0. The molecule has 0 bridgehead atoms. The molecule has 0 aliphatic heterocycles. The first-order chi connectivity index (χ1) is 8.66. The SMILES string of the molecule is Cc1cccc(C)c1NC(=S)NCc1cccs1. The van der Waals surface area contributed by atoms with E-state index in [4.69, 9.17) is 12.2 Å². The summed E-state index contributed by atoms with van der Waals surface area (Å²) in [6, 6.07) is 10.4. The van der Waals surface area contributed by atoms with Gasteiger partial charge in [0, 0.05) is 10.6 Å². The molecule has 0 amide bonds. The van der Waals surface area contributed by atoms with Crippen LogP contribution in [0.5, 0.6) is 0 Å². The molecule has 0 aliphatic rings. The van der Waals surface area contributed by atoms with Gasteiger partial charge in [0.2, 0.25) is 0 Å². The lowest BCUT2D eigenvalue weighted by molar-refractivity contribution is 0.946. The van der Waals surface area contributed by atoms with Gasteiger partial charge in [0.05, 0.1) is 6.54 Å². The van der Waals surface area contributed by atoms with Gasteiger partial charge in [-0.2, -0.15) is 0 Å². The number of benzene rings is 1. The van der Waals surface area contributed by atoms with Crippen LogP contribution >= 0.6 is 23.6 Å². The molecule has 0 saturated heterocycles. The Morgan fingerprint density at radius 2 is 1.89 bits per heavy atom. The molecule has 2 N–H and O–H groups in total. The second-order valence-corrected chi connectivity index (χ2v) is 5.59. The zero-order valence-electron chi connectivity index (χ0n) is 10.5. The van der Waals surface area contributed by atoms with Crippen molar-refractivity contribution in [2.75, 3.05) is 5.32 Å². The van der Waals surface area contributed by atoms with Gasteiger partial charge in [-0.3, -0.25) is 0 Å². The topological polar surface area (TPSA) is 24.1 Å². The first kappa shape index (κ1) is 13.1. The summed E-state index contributed by atoms with van der Waals surface area (Å²) in [7, 11) is 0. The lowest BCUT2D eigenvalue weighted by atomic mass is 10.1. The number of hydrogen-bond donors (Lipinski definition) is 2. The van der Waals surface area contributed by atoms with Crippen molar-refractivity contribution in [3.63, 3.8) is 0 Å². The van der Waals surface area contributed by atoms with Crippen LogP contribution in [0.4, 0.5) is 5.69 Å². The highest BCUT2D eigenvalue weighted by Crippen LogP contribution is 2.19. The largest absolute Gasteiger partial charge is 0.358 e. The van der Waals surface area contributed by atoms with Crippen LogP contribution in [0, 0.1) is 13.8 Å². The van der Waals surface area contributed by atoms with E-state index >= 15 is 0 Å². The maximum atomic E-state index is 5.31. The third-order valence-corrected chi connectivity index (χ3v) is 3.85. The van der Waals surface area contributed by atoms with E-state index in [9.17, 15) is 0 Å². The summed E-state index contributed by atoms with van der Waals surface area (Å²) in [4.78, 5) is 1.28. The molecule has 94 valence electrons. The van der Waals surface area contributed by atoms with E-state index in [1.165, 1.54) is 16.0 Å². The number of nitrogens with one attached hydrogen (secondary N) is 2. The van der Waals surface area contributed by atoms with Crippen LogP contribution in [0.25, 0.3) is 0 Å². The van der Waals surface area contributed by atoms with Gasteiger partial charge in [-0.15, -0.1) is 11.3 Å². The Kier molecular flexibility index (Phi) is 4.33. The van der Waals surface area contributed by atoms with Crippen molar-refractivity contribution in [3.8, 4) is 0 Å². The number of thiophene rings is 1. The second kappa shape index (κ2) is 5.98. The molecule has 0 saturated carbocycles. The van der Waals surface area contributed by atoms with Crippen LogP contribution in [-0.2, 0) is 6.54 Å². The van der Waals surface area contributed by atoms with Crippen LogP contribution in [0.3, 0.4) is 0 Å². The van der Waals surface area contributed by atoms with Crippen molar-refractivity contribution in [2.24, 2.45) is 0 Å². The number of aryl methyl sites for hydroxylation is 2. The molecule has 2 aromatic rings. The molecule has 1 aromatic heterocycles. The molecule has 2 nitrogen and oxygen atoms in total. The Balaban J connectivity index is 1.95. The maximum absolute atomic E-state index is 5.31. The average molecular weight is 276 g/mol. The number of rotatable bonds is 3. The van der Waals surface area contributed by atoms with E-state index in [1.54, 1.807) is 11.3 Å². The minimum absolute atomic E-state index is 0.667. The average Bonchev–Trinajstić information content (AvgIpc) is 2.84. The van der Waals surface area contributed by atoms with Crippen molar-refractivity contribution in [3.05, 3.63) is 51.7 Å². The number of anilines is 1. The van der Waals surface area contributed by atoms with E-state index in [0.29, 0.717) is 5.11 Å². The normalized spacial score (nSPS) is 10.1. The van der Waals surface area contributed by atoms with Gasteiger partial charge in [-0.25, -0.2) is 0 Å². The summed E-state index contributed by atoms with van der Waals surface area (Å²) in [6.07, 6.45) is 0. The highest BCUT2D eigenvalue weighted by atomic mass is 32.1. The monoisotopic (exact) mass is 276 g/mol. The summed E-state index contributed by atoms with van der Waals surface area (Å²) < 4.78 is 0. The minimum atomic E-state index is 0.667. The highest BCUT2D eigenvalue weighted by Gasteiger charge is 2.04. The van der Waals surface area contributed by atoms with Crippen LogP contribution < -0.4 is 10.6 Å². The van der Waals surface area contributed by atoms with Crippen molar-refractivity contribution < 1.29 is 0 Å². The standard InChI is InChI=1S/C14H16N2S2/c1-10-5-3-6-11(2)13(10)16-14(17)15-9-12-7-4-8-18-12/h3-8H,9H2,1-2H3,(H2,15,16,17). The minimum Gasteiger partial charge on any atom is -0.358 e. The van der Waals surface area contributed by atoms with Crippen molar-refractivity contribution in [2.45, 2.75) is 20.4 Å². The predicted octanol–water partition coefficient (Wildman–Crippen LogP) is 3.85. The molecule has 1 heterocycles. The number of thiocarbonyl (C=S) groups is 1. The molecule has 0 radical (unpaired) electrons. The summed E-state index contributed by atoms with van der Waals surface area (Å²) >= 11 is 7.04. The van der Waals surface area contributed by atoms with Crippen molar-refractivity contribution >= 4 is 34.4 Å². The zero-order valence-corrected chi connectivity index (χ0v) is 12.1. The lowest BCUT2D eigenvalue weighted by Crippen LogP contribution is -2.28. The van der Waals surface area contributed by atoms with Crippen molar-refractivity contribution in [1.82, 2.24) is 5.32 Å². The molecule has 0 fully saturated rings. The van der Waals surface area contributed by atoms with Gasteiger partial charge in [0.1, 0.15) is 0 Å². The van der Waals surface area contributed by atoms with Crippen LogP contribution in [0.2, 0.25) is 0 Å². The molecule has 0 aliphatic carbocycles. The highest BCUT2D eigenvalue weighted by molar-refractivity contribution is 7.80. The molecular formula is C14H16N2S2. The van der Waals surface area contributed by atoms with Gasteiger partial charge >= 0.3 is 0 Å². The van der Waals surface area contributed by atoms with Gasteiger partial charge in [-0.1, -0.05) is 24.3 Å². The van der Waals surface area contributed by atoms with Crippen LogP contribution in [-0.4, -0.2) is 5.11 Å². The first-order valence-electron chi connectivity index (χ1n) is 5.80. The number of hydrogen-bond acceptors (Lipinski definition) is 2. The molecule has 1 aromatic carbocycles. The van der Waals surface area contributed by atoms with Gasteiger partial charge in [-0.05, 0) is 48.6 Å². The van der Waals surface area contributed by atoms with E-state index in [1.807, 2.05) is 6.07 Å². The fraction of sp³-hybridized carbons (Fsp3) is 0.214. The second-order valence-electron chi connectivity index (χ2n) is 4.15. The third-order valence-electron chi connectivity index (χ3n) is 2.72.